The van der Waals surface area contributed by atoms with Crippen molar-refractivity contribution in [3.05, 3.63) is 35.9 Å². The van der Waals surface area contributed by atoms with Gasteiger partial charge in [-0.05, 0) is 12.0 Å². The molecular formula is C23H36O4. The molecule has 4 heteroatoms. The zero-order chi connectivity index (χ0) is 19.6. The van der Waals surface area contributed by atoms with Crippen LogP contribution in [-0.4, -0.2) is 25.2 Å². The normalized spacial score (nSPS) is 10.6. The Morgan fingerprint density at radius 1 is 0.704 bits per heavy atom. The lowest BCUT2D eigenvalue weighted by atomic mass is 10.1. The quantitative estimate of drug-likeness (QED) is 0.277. The highest BCUT2D eigenvalue weighted by molar-refractivity contribution is 5.77. The van der Waals surface area contributed by atoms with Gasteiger partial charge in [-0.15, -0.1) is 0 Å². The van der Waals surface area contributed by atoms with Gasteiger partial charge in [-0.25, -0.2) is 0 Å². The molecule has 0 fully saturated rings. The third kappa shape index (κ3) is 14.0. The molecule has 0 radical (unpaired) electrons. The van der Waals surface area contributed by atoms with Crippen LogP contribution in [0.1, 0.15) is 83.1 Å². The van der Waals surface area contributed by atoms with E-state index in [2.05, 4.69) is 6.92 Å². The topological polar surface area (TPSA) is 52.6 Å². The maximum atomic E-state index is 11.7. The molecule has 0 aromatic heterocycles. The fraction of sp³-hybridized carbons (Fsp3) is 0.652. The van der Waals surface area contributed by atoms with Crippen LogP contribution in [0.3, 0.4) is 0 Å². The van der Waals surface area contributed by atoms with Gasteiger partial charge in [-0.2, -0.15) is 0 Å². The number of hydrogen-bond acceptors (Lipinski definition) is 4. The Labute approximate surface area is 164 Å². The van der Waals surface area contributed by atoms with Gasteiger partial charge in [0, 0.05) is 6.42 Å². The molecule has 0 N–H and O–H groups in total. The van der Waals surface area contributed by atoms with Crippen LogP contribution in [0.5, 0.6) is 0 Å². The molecule has 0 aliphatic rings. The number of rotatable bonds is 16. The van der Waals surface area contributed by atoms with E-state index in [0.717, 1.165) is 18.4 Å². The van der Waals surface area contributed by atoms with Gasteiger partial charge in [0.2, 0.25) is 0 Å². The molecule has 0 atom stereocenters. The average Bonchev–Trinajstić information content (AvgIpc) is 2.68. The lowest BCUT2D eigenvalue weighted by Crippen LogP contribution is -2.12. The fourth-order valence-corrected chi connectivity index (χ4v) is 2.87. The van der Waals surface area contributed by atoms with Crippen LogP contribution in [0.15, 0.2) is 30.3 Å². The largest absolute Gasteiger partial charge is 0.466 e. The lowest BCUT2D eigenvalue weighted by molar-refractivity contribution is -0.150. The Hall–Kier alpha value is -1.84. The molecule has 1 aromatic rings. The molecule has 4 nitrogen and oxygen atoms in total. The number of benzene rings is 1. The molecule has 0 saturated carbocycles. The first kappa shape index (κ1) is 23.2. The molecule has 0 spiro atoms. The van der Waals surface area contributed by atoms with Crippen molar-refractivity contribution in [1.82, 2.24) is 0 Å². The van der Waals surface area contributed by atoms with Crippen molar-refractivity contribution in [2.45, 2.75) is 84.0 Å². The lowest BCUT2D eigenvalue weighted by Gasteiger charge is -2.06. The van der Waals surface area contributed by atoms with Gasteiger partial charge >= 0.3 is 11.9 Å². The second kappa shape index (κ2) is 16.3. The smallest absolute Gasteiger partial charge is 0.306 e. The summed E-state index contributed by atoms with van der Waals surface area (Å²) >= 11 is 0. The van der Waals surface area contributed by atoms with E-state index in [1.54, 1.807) is 0 Å². The standard InChI is InChI=1S/C23H36O4/c1-2-3-4-5-6-7-8-9-13-19-26-22(24)16-17-23(25)27-20-18-21-14-11-10-12-15-21/h10-12,14-15H,2-9,13,16-20H2,1H3. The van der Waals surface area contributed by atoms with Crippen LogP contribution in [0, 0.1) is 0 Å². The number of carbonyl (C=O) groups is 2. The third-order valence-corrected chi connectivity index (χ3v) is 4.54. The van der Waals surface area contributed by atoms with Gasteiger partial charge in [0.25, 0.3) is 0 Å². The maximum absolute atomic E-state index is 11.7. The number of carbonyl (C=O) groups excluding carboxylic acids is 2. The number of unbranched alkanes of at least 4 members (excludes halogenated alkanes) is 8. The third-order valence-electron chi connectivity index (χ3n) is 4.54. The van der Waals surface area contributed by atoms with Crippen LogP contribution in [0.4, 0.5) is 0 Å². The summed E-state index contributed by atoms with van der Waals surface area (Å²) in [5.41, 5.74) is 1.13. The van der Waals surface area contributed by atoms with Gasteiger partial charge in [0.05, 0.1) is 26.1 Å². The minimum Gasteiger partial charge on any atom is -0.466 e. The summed E-state index contributed by atoms with van der Waals surface area (Å²) < 4.78 is 10.3. The molecule has 0 aliphatic carbocycles. The number of ether oxygens (including phenoxy) is 2. The van der Waals surface area contributed by atoms with Crippen molar-refractivity contribution >= 4 is 11.9 Å². The zero-order valence-corrected chi connectivity index (χ0v) is 16.9. The predicted octanol–water partition coefficient (Wildman–Crippen LogP) is 5.63. The Morgan fingerprint density at radius 3 is 1.81 bits per heavy atom. The molecule has 152 valence electrons. The molecule has 1 rings (SSSR count). The van der Waals surface area contributed by atoms with Crippen LogP contribution < -0.4 is 0 Å². The first-order chi connectivity index (χ1) is 13.2. The van der Waals surface area contributed by atoms with Crippen LogP contribution in [-0.2, 0) is 25.5 Å². The summed E-state index contributed by atoms with van der Waals surface area (Å²) in [6.07, 6.45) is 12.0. The molecule has 0 amide bonds. The Morgan fingerprint density at radius 2 is 1.22 bits per heavy atom. The van der Waals surface area contributed by atoms with E-state index in [1.807, 2.05) is 30.3 Å². The van der Waals surface area contributed by atoms with E-state index in [4.69, 9.17) is 9.47 Å². The summed E-state index contributed by atoms with van der Waals surface area (Å²) in [4.78, 5) is 23.3. The monoisotopic (exact) mass is 376 g/mol. The van der Waals surface area contributed by atoms with Crippen LogP contribution in [0.2, 0.25) is 0 Å². The maximum Gasteiger partial charge on any atom is 0.306 e. The predicted molar refractivity (Wildman–Crippen MR) is 109 cm³/mol. The second-order valence-electron chi connectivity index (χ2n) is 7.00. The Bertz CT molecular complexity index is 498. The average molecular weight is 377 g/mol. The molecule has 0 unspecified atom stereocenters. The summed E-state index contributed by atoms with van der Waals surface area (Å²) in [7, 11) is 0. The van der Waals surface area contributed by atoms with Crippen molar-refractivity contribution < 1.29 is 19.1 Å². The van der Waals surface area contributed by atoms with Crippen LogP contribution in [0.25, 0.3) is 0 Å². The minimum absolute atomic E-state index is 0.0887. The molecule has 0 saturated heterocycles. The van der Waals surface area contributed by atoms with E-state index in [9.17, 15) is 9.59 Å². The van der Waals surface area contributed by atoms with Gasteiger partial charge in [-0.1, -0.05) is 88.6 Å². The molecule has 0 aliphatic heterocycles. The van der Waals surface area contributed by atoms with Gasteiger partial charge in [0.1, 0.15) is 0 Å². The SMILES string of the molecule is CCCCCCCCCCCOC(=O)CCC(=O)OCCc1ccccc1. The highest BCUT2D eigenvalue weighted by Gasteiger charge is 2.09. The zero-order valence-electron chi connectivity index (χ0n) is 16.9. The first-order valence-electron chi connectivity index (χ1n) is 10.6. The first-order valence-corrected chi connectivity index (χ1v) is 10.6. The van der Waals surface area contributed by atoms with Crippen molar-refractivity contribution in [3.8, 4) is 0 Å². The van der Waals surface area contributed by atoms with Crippen molar-refractivity contribution in [2.75, 3.05) is 13.2 Å². The number of hydrogen-bond donors (Lipinski definition) is 0. The summed E-state index contributed by atoms with van der Waals surface area (Å²) in [6, 6.07) is 9.87. The van der Waals surface area contributed by atoms with E-state index >= 15 is 0 Å². The van der Waals surface area contributed by atoms with Gasteiger partial charge in [-0.3, -0.25) is 9.59 Å². The number of esters is 2. The molecule has 0 bridgehead atoms. The van der Waals surface area contributed by atoms with Crippen molar-refractivity contribution in [1.29, 1.82) is 0 Å². The van der Waals surface area contributed by atoms with E-state index in [1.165, 1.54) is 44.9 Å². The highest BCUT2D eigenvalue weighted by Crippen LogP contribution is 2.09. The Kier molecular flexibility index (Phi) is 14.0. The summed E-state index contributed by atoms with van der Waals surface area (Å²) in [6.45, 7) is 3.03. The Balaban J connectivity index is 1.89. The molecular weight excluding hydrogens is 340 g/mol. The van der Waals surface area contributed by atoms with E-state index in [0.29, 0.717) is 19.6 Å². The van der Waals surface area contributed by atoms with Crippen molar-refractivity contribution in [2.24, 2.45) is 0 Å². The van der Waals surface area contributed by atoms with Gasteiger partial charge < -0.3 is 9.47 Å². The van der Waals surface area contributed by atoms with Crippen LogP contribution >= 0.6 is 0 Å². The fourth-order valence-electron chi connectivity index (χ4n) is 2.87. The summed E-state index contributed by atoms with van der Waals surface area (Å²) in [5, 5.41) is 0. The molecule has 0 heterocycles. The molecule has 27 heavy (non-hydrogen) atoms. The van der Waals surface area contributed by atoms with Crippen molar-refractivity contribution in [3.63, 3.8) is 0 Å². The molecule has 1 aromatic carbocycles. The highest BCUT2D eigenvalue weighted by atomic mass is 16.5. The van der Waals surface area contributed by atoms with Gasteiger partial charge in [0.15, 0.2) is 0 Å². The summed E-state index contributed by atoms with van der Waals surface area (Å²) in [5.74, 6) is -0.652. The van der Waals surface area contributed by atoms with E-state index in [-0.39, 0.29) is 24.8 Å². The van der Waals surface area contributed by atoms with E-state index < -0.39 is 0 Å². The minimum atomic E-state index is -0.342. The second-order valence-corrected chi connectivity index (χ2v) is 7.00.